The second kappa shape index (κ2) is 8.76. The van der Waals surface area contributed by atoms with Crippen molar-refractivity contribution >= 4 is 0 Å². The zero-order chi connectivity index (χ0) is 10.8. The molecule has 0 spiro atoms. The van der Waals surface area contributed by atoms with E-state index in [4.69, 9.17) is 0 Å². The molecule has 0 saturated heterocycles. The number of nitrogens with one attached hydrogen (secondary N) is 1. The molecule has 0 bridgehead atoms. The largest absolute Gasteiger partial charge is 0.319 e. The summed E-state index contributed by atoms with van der Waals surface area (Å²) in [4.78, 5) is 0. The molecule has 0 fully saturated rings. The molecule has 1 nitrogen and oxygen atoms in total. The van der Waals surface area contributed by atoms with Crippen molar-refractivity contribution in [2.75, 3.05) is 13.6 Å². The highest BCUT2D eigenvalue weighted by atomic mass is 14.8. The van der Waals surface area contributed by atoms with Gasteiger partial charge in [-0.2, -0.15) is 0 Å². The normalized spacial score (nSPS) is 14.0. The van der Waals surface area contributed by atoms with Crippen LogP contribution in [0.2, 0.25) is 0 Å². The van der Waals surface area contributed by atoms with E-state index in [2.05, 4.69) is 50.4 Å². The van der Waals surface area contributed by atoms with Crippen LogP contribution in [-0.4, -0.2) is 13.6 Å². The topological polar surface area (TPSA) is 12.0 Å². The van der Waals surface area contributed by atoms with Gasteiger partial charge in [0.05, 0.1) is 0 Å². The van der Waals surface area contributed by atoms with E-state index in [-0.39, 0.29) is 0 Å². The predicted molar refractivity (Wildman–Crippen MR) is 65.5 cm³/mol. The fraction of sp³-hybridized carbons (Fsp3) is 0.538. The molecule has 0 radical (unpaired) electrons. The molecule has 0 unspecified atom stereocenters. The molecule has 0 saturated carbocycles. The summed E-state index contributed by atoms with van der Waals surface area (Å²) in [6, 6.07) is 0. The van der Waals surface area contributed by atoms with Gasteiger partial charge in [0.1, 0.15) is 0 Å². The fourth-order valence-corrected chi connectivity index (χ4v) is 1.05. The lowest BCUT2D eigenvalue weighted by Gasteiger charge is -1.99. The van der Waals surface area contributed by atoms with Crippen LogP contribution >= 0.6 is 0 Å². The number of rotatable bonds is 6. The van der Waals surface area contributed by atoms with E-state index in [1.54, 1.807) is 0 Å². The molecule has 0 aliphatic rings. The summed E-state index contributed by atoms with van der Waals surface area (Å²) in [5.41, 5.74) is 2.81. The van der Waals surface area contributed by atoms with Crippen molar-refractivity contribution in [3.05, 3.63) is 35.5 Å². The van der Waals surface area contributed by atoms with E-state index in [1.165, 1.54) is 11.1 Å². The maximum absolute atomic E-state index is 3.15. The quantitative estimate of drug-likeness (QED) is 0.637. The van der Waals surface area contributed by atoms with Crippen molar-refractivity contribution < 1.29 is 0 Å². The average Bonchev–Trinajstić information content (AvgIpc) is 2.22. The summed E-state index contributed by atoms with van der Waals surface area (Å²) in [5.74, 6) is 0. The van der Waals surface area contributed by atoms with Gasteiger partial charge in [0.25, 0.3) is 0 Å². The molecule has 14 heavy (non-hydrogen) atoms. The molecule has 0 atom stereocenters. The molecule has 0 aromatic rings. The summed E-state index contributed by atoms with van der Waals surface area (Å²) in [6.07, 6.45) is 10.9. The molecular weight excluding hydrogens is 170 g/mol. The van der Waals surface area contributed by atoms with Gasteiger partial charge in [-0.05, 0) is 40.3 Å². The first-order valence-electron chi connectivity index (χ1n) is 5.38. The molecule has 0 aromatic carbocycles. The molecule has 1 N–H and O–H groups in total. The van der Waals surface area contributed by atoms with Gasteiger partial charge in [0, 0.05) is 0 Å². The third kappa shape index (κ3) is 6.67. The van der Waals surface area contributed by atoms with Crippen molar-refractivity contribution in [1.82, 2.24) is 5.32 Å². The highest BCUT2D eigenvalue weighted by Gasteiger charge is 1.88. The second-order valence-electron chi connectivity index (χ2n) is 3.44. The number of hydrogen-bond donors (Lipinski definition) is 1. The number of hydrogen-bond acceptors (Lipinski definition) is 1. The molecule has 0 aromatic heterocycles. The Morgan fingerprint density at radius 2 is 2.07 bits per heavy atom. The van der Waals surface area contributed by atoms with Crippen LogP contribution in [-0.2, 0) is 0 Å². The standard InChI is InChI=1S/C13H23N/c1-5-12(3)8-7-9-13(6-2)10-11-14-4/h6-9,14H,5,10-11H2,1-4H3/b9-7-,12-8?,13-6+. The zero-order valence-electron chi connectivity index (χ0n) is 9.93. The third-order valence-electron chi connectivity index (χ3n) is 2.28. The van der Waals surface area contributed by atoms with Crippen LogP contribution in [0.4, 0.5) is 0 Å². The monoisotopic (exact) mass is 193 g/mol. The van der Waals surface area contributed by atoms with Crippen LogP contribution in [0.15, 0.2) is 35.5 Å². The molecule has 1 heteroatoms. The minimum Gasteiger partial charge on any atom is -0.319 e. The Morgan fingerprint density at radius 1 is 1.36 bits per heavy atom. The van der Waals surface area contributed by atoms with E-state index in [1.807, 2.05) is 7.05 Å². The molecule has 0 aliphatic carbocycles. The SMILES string of the molecule is C/C=C(\C=C/C=C(C)CC)CCNC. The van der Waals surface area contributed by atoms with E-state index in [0.29, 0.717) is 0 Å². The Morgan fingerprint density at radius 3 is 2.57 bits per heavy atom. The van der Waals surface area contributed by atoms with Gasteiger partial charge in [-0.25, -0.2) is 0 Å². The molecule has 80 valence electrons. The lowest BCUT2D eigenvalue weighted by atomic mass is 10.1. The molecule has 0 rings (SSSR count). The van der Waals surface area contributed by atoms with Crippen LogP contribution in [0.5, 0.6) is 0 Å². The predicted octanol–water partition coefficient (Wildman–Crippen LogP) is 3.45. The highest BCUT2D eigenvalue weighted by Crippen LogP contribution is 2.04. The average molecular weight is 193 g/mol. The second-order valence-corrected chi connectivity index (χ2v) is 3.44. The van der Waals surface area contributed by atoms with Gasteiger partial charge >= 0.3 is 0 Å². The summed E-state index contributed by atoms with van der Waals surface area (Å²) < 4.78 is 0. The first-order valence-corrected chi connectivity index (χ1v) is 5.38. The molecule has 0 heterocycles. The minimum absolute atomic E-state index is 1.04. The summed E-state index contributed by atoms with van der Waals surface area (Å²) >= 11 is 0. The van der Waals surface area contributed by atoms with E-state index < -0.39 is 0 Å². The lowest BCUT2D eigenvalue weighted by molar-refractivity contribution is 0.793. The van der Waals surface area contributed by atoms with Crippen LogP contribution in [0.1, 0.15) is 33.6 Å². The summed E-state index contributed by atoms with van der Waals surface area (Å²) in [6.45, 7) is 7.47. The Balaban J connectivity index is 4.06. The Hall–Kier alpha value is -0.820. The van der Waals surface area contributed by atoms with Crippen LogP contribution < -0.4 is 5.32 Å². The van der Waals surface area contributed by atoms with E-state index in [0.717, 1.165) is 19.4 Å². The first-order chi connectivity index (χ1) is 6.74. The van der Waals surface area contributed by atoms with Gasteiger partial charge < -0.3 is 5.32 Å². The van der Waals surface area contributed by atoms with E-state index >= 15 is 0 Å². The summed E-state index contributed by atoms with van der Waals surface area (Å²) in [5, 5.41) is 3.15. The van der Waals surface area contributed by atoms with Crippen molar-refractivity contribution in [2.45, 2.75) is 33.6 Å². The fourth-order valence-electron chi connectivity index (χ4n) is 1.05. The third-order valence-corrected chi connectivity index (χ3v) is 2.28. The first kappa shape index (κ1) is 13.2. The van der Waals surface area contributed by atoms with Crippen molar-refractivity contribution in [2.24, 2.45) is 0 Å². The Labute approximate surface area is 88.6 Å². The van der Waals surface area contributed by atoms with Crippen molar-refractivity contribution in [1.29, 1.82) is 0 Å². The van der Waals surface area contributed by atoms with Crippen LogP contribution in [0.3, 0.4) is 0 Å². The van der Waals surface area contributed by atoms with Gasteiger partial charge in [0.2, 0.25) is 0 Å². The Kier molecular flexibility index (Phi) is 8.25. The molecule has 0 amide bonds. The lowest BCUT2D eigenvalue weighted by Crippen LogP contribution is -2.07. The smallest absolute Gasteiger partial charge is 0.00115 e. The van der Waals surface area contributed by atoms with Gasteiger partial charge in [-0.1, -0.05) is 42.4 Å². The minimum atomic E-state index is 1.04. The van der Waals surface area contributed by atoms with Gasteiger partial charge in [-0.3, -0.25) is 0 Å². The Bertz CT molecular complexity index is 221. The van der Waals surface area contributed by atoms with E-state index in [9.17, 15) is 0 Å². The highest BCUT2D eigenvalue weighted by molar-refractivity contribution is 5.23. The van der Waals surface area contributed by atoms with Gasteiger partial charge in [-0.15, -0.1) is 0 Å². The number of allylic oxidation sites excluding steroid dienone is 5. The van der Waals surface area contributed by atoms with Crippen molar-refractivity contribution in [3.8, 4) is 0 Å². The van der Waals surface area contributed by atoms with Crippen LogP contribution in [0, 0.1) is 0 Å². The molecule has 0 aliphatic heterocycles. The zero-order valence-corrected chi connectivity index (χ0v) is 9.93. The van der Waals surface area contributed by atoms with Crippen molar-refractivity contribution in [3.63, 3.8) is 0 Å². The van der Waals surface area contributed by atoms with Crippen LogP contribution in [0.25, 0.3) is 0 Å². The van der Waals surface area contributed by atoms with Gasteiger partial charge in [0.15, 0.2) is 0 Å². The maximum atomic E-state index is 3.15. The summed E-state index contributed by atoms with van der Waals surface area (Å²) in [7, 11) is 1.98. The molecular formula is C13H23N. The maximum Gasteiger partial charge on any atom is -0.00115 e.